The van der Waals surface area contributed by atoms with Crippen LogP contribution in [-0.2, 0) is 4.74 Å². The SMILES string of the molecule is Nc1ccn([C@H]2C=C[C@H](O)CO2)c(=O)n1. The van der Waals surface area contributed by atoms with Crippen molar-refractivity contribution in [2.24, 2.45) is 0 Å². The van der Waals surface area contributed by atoms with Gasteiger partial charge in [0.25, 0.3) is 0 Å². The summed E-state index contributed by atoms with van der Waals surface area (Å²) in [6.07, 6.45) is 3.56. The first-order chi connectivity index (χ1) is 7.16. The molecule has 1 aliphatic heterocycles. The number of ether oxygens (including phenoxy) is 1. The lowest BCUT2D eigenvalue weighted by molar-refractivity contribution is -0.0202. The second kappa shape index (κ2) is 3.84. The van der Waals surface area contributed by atoms with E-state index in [1.807, 2.05) is 0 Å². The third-order valence-corrected chi connectivity index (χ3v) is 2.06. The van der Waals surface area contributed by atoms with E-state index in [0.717, 1.165) is 0 Å². The van der Waals surface area contributed by atoms with Crippen LogP contribution < -0.4 is 11.4 Å². The molecule has 0 saturated heterocycles. The molecule has 1 aromatic heterocycles. The Balaban J connectivity index is 2.31. The lowest BCUT2D eigenvalue weighted by atomic mass is 10.3. The van der Waals surface area contributed by atoms with Gasteiger partial charge in [-0.2, -0.15) is 4.98 Å². The molecule has 15 heavy (non-hydrogen) atoms. The maximum Gasteiger partial charge on any atom is 0.351 e. The first-order valence-electron chi connectivity index (χ1n) is 4.49. The van der Waals surface area contributed by atoms with Crippen LogP contribution in [0, 0.1) is 0 Å². The molecule has 2 rings (SSSR count). The highest BCUT2D eigenvalue weighted by Gasteiger charge is 2.16. The number of nitrogens with zero attached hydrogens (tertiary/aromatic N) is 2. The average molecular weight is 209 g/mol. The van der Waals surface area contributed by atoms with Crippen molar-refractivity contribution >= 4 is 5.82 Å². The molecule has 3 N–H and O–H groups in total. The molecule has 80 valence electrons. The zero-order valence-corrected chi connectivity index (χ0v) is 7.91. The number of nitrogens with two attached hydrogens (primary N) is 1. The number of aromatic nitrogens is 2. The van der Waals surface area contributed by atoms with Gasteiger partial charge >= 0.3 is 5.69 Å². The first-order valence-corrected chi connectivity index (χ1v) is 4.49. The number of aliphatic hydroxyl groups excluding tert-OH is 1. The number of aliphatic hydroxyl groups is 1. The first kappa shape index (κ1) is 9.88. The number of hydrogen-bond acceptors (Lipinski definition) is 5. The van der Waals surface area contributed by atoms with Crippen LogP contribution in [0.25, 0.3) is 0 Å². The molecule has 1 aliphatic rings. The Hall–Kier alpha value is -1.66. The van der Waals surface area contributed by atoms with E-state index >= 15 is 0 Å². The molecule has 1 aromatic rings. The Kier molecular flexibility index (Phi) is 2.53. The maximum atomic E-state index is 11.4. The van der Waals surface area contributed by atoms with E-state index in [2.05, 4.69) is 4.98 Å². The van der Waals surface area contributed by atoms with Gasteiger partial charge in [-0.05, 0) is 12.1 Å². The molecule has 6 heteroatoms. The lowest BCUT2D eigenvalue weighted by Gasteiger charge is -2.21. The lowest BCUT2D eigenvalue weighted by Crippen LogP contribution is -2.31. The van der Waals surface area contributed by atoms with Crippen LogP contribution in [0.5, 0.6) is 0 Å². The van der Waals surface area contributed by atoms with Gasteiger partial charge in [-0.3, -0.25) is 4.57 Å². The molecule has 0 aliphatic carbocycles. The molecule has 0 saturated carbocycles. The smallest absolute Gasteiger partial charge is 0.351 e. The molecule has 0 unspecified atom stereocenters. The van der Waals surface area contributed by atoms with Crippen molar-refractivity contribution in [2.75, 3.05) is 12.3 Å². The van der Waals surface area contributed by atoms with Crippen LogP contribution >= 0.6 is 0 Å². The minimum absolute atomic E-state index is 0.165. The fourth-order valence-electron chi connectivity index (χ4n) is 1.32. The van der Waals surface area contributed by atoms with E-state index in [0.29, 0.717) is 0 Å². The van der Waals surface area contributed by atoms with Crippen LogP contribution in [-0.4, -0.2) is 27.4 Å². The highest BCUT2D eigenvalue weighted by molar-refractivity contribution is 5.23. The van der Waals surface area contributed by atoms with E-state index in [1.54, 1.807) is 12.2 Å². The molecular formula is C9H11N3O3. The highest BCUT2D eigenvalue weighted by atomic mass is 16.5. The van der Waals surface area contributed by atoms with Gasteiger partial charge in [-0.25, -0.2) is 4.79 Å². The van der Waals surface area contributed by atoms with E-state index in [1.165, 1.54) is 16.8 Å². The number of hydrogen-bond donors (Lipinski definition) is 2. The van der Waals surface area contributed by atoms with Crippen molar-refractivity contribution in [3.8, 4) is 0 Å². The third kappa shape index (κ3) is 2.05. The minimum atomic E-state index is -0.612. The molecule has 0 amide bonds. The summed E-state index contributed by atoms with van der Waals surface area (Å²) < 4.78 is 6.55. The molecule has 0 spiro atoms. The predicted molar refractivity (Wildman–Crippen MR) is 53.0 cm³/mol. The van der Waals surface area contributed by atoms with Crippen LogP contribution in [0.2, 0.25) is 0 Å². The van der Waals surface area contributed by atoms with E-state index in [9.17, 15) is 4.79 Å². The highest BCUT2D eigenvalue weighted by Crippen LogP contribution is 2.13. The summed E-state index contributed by atoms with van der Waals surface area (Å²) in [6, 6.07) is 1.52. The van der Waals surface area contributed by atoms with Crippen LogP contribution in [0.3, 0.4) is 0 Å². The van der Waals surface area contributed by atoms with Crippen molar-refractivity contribution in [1.29, 1.82) is 0 Å². The summed E-state index contributed by atoms with van der Waals surface area (Å²) in [7, 11) is 0. The fraction of sp³-hybridized carbons (Fsp3) is 0.333. The number of nitrogen functional groups attached to an aromatic ring is 1. The van der Waals surface area contributed by atoms with Crippen LogP contribution in [0.4, 0.5) is 5.82 Å². The Bertz CT molecular complexity index is 440. The topological polar surface area (TPSA) is 90.4 Å². The molecule has 0 fully saturated rings. The van der Waals surface area contributed by atoms with Crippen molar-refractivity contribution in [3.63, 3.8) is 0 Å². The van der Waals surface area contributed by atoms with Gasteiger partial charge < -0.3 is 15.6 Å². The van der Waals surface area contributed by atoms with Gasteiger partial charge in [0.05, 0.1) is 12.7 Å². The molecule has 6 nitrogen and oxygen atoms in total. The Morgan fingerprint density at radius 1 is 1.60 bits per heavy atom. The molecule has 0 radical (unpaired) electrons. The third-order valence-electron chi connectivity index (χ3n) is 2.06. The Morgan fingerprint density at radius 2 is 2.40 bits per heavy atom. The predicted octanol–water partition coefficient (Wildman–Crippen LogP) is -0.729. The molecule has 2 atom stereocenters. The second-order valence-corrected chi connectivity index (χ2v) is 3.22. The summed E-state index contributed by atoms with van der Waals surface area (Å²) in [4.78, 5) is 15.0. The molecule has 0 aromatic carbocycles. The summed E-state index contributed by atoms with van der Waals surface area (Å²) in [5.41, 5.74) is 4.88. The molecule has 0 bridgehead atoms. The van der Waals surface area contributed by atoms with Crippen molar-refractivity contribution in [1.82, 2.24) is 9.55 Å². The minimum Gasteiger partial charge on any atom is -0.387 e. The van der Waals surface area contributed by atoms with Gasteiger partial charge in [0.2, 0.25) is 0 Å². The van der Waals surface area contributed by atoms with E-state index in [-0.39, 0.29) is 12.4 Å². The van der Waals surface area contributed by atoms with Gasteiger partial charge in [-0.1, -0.05) is 6.08 Å². The quantitative estimate of drug-likeness (QED) is 0.595. The van der Waals surface area contributed by atoms with Crippen LogP contribution in [0.15, 0.2) is 29.2 Å². The zero-order chi connectivity index (χ0) is 10.8. The molecule has 2 heterocycles. The summed E-state index contributed by atoms with van der Waals surface area (Å²) >= 11 is 0. The fourth-order valence-corrected chi connectivity index (χ4v) is 1.32. The Morgan fingerprint density at radius 3 is 3.00 bits per heavy atom. The maximum absolute atomic E-state index is 11.4. The number of anilines is 1. The van der Waals surface area contributed by atoms with E-state index < -0.39 is 18.0 Å². The van der Waals surface area contributed by atoms with Crippen molar-refractivity contribution in [3.05, 3.63) is 34.9 Å². The van der Waals surface area contributed by atoms with Crippen LogP contribution in [0.1, 0.15) is 6.23 Å². The summed E-state index contributed by atoms with van der Waals surface area (Å²) in [5, 5.41) is 9.15. The number of rotatable bonds is 1. The summed E-state index contributed by atoms with van der Waals surface area (Å²) in [5.74, 6) is 0.177. The normalized spacial score (nSPS) is 25.4. The second-order valence-electron chi connectivity index (χ2n) is 3.22. The zero-order valence-electron chi connectivity index (χ0n) is 7.91. The van der Waals surface area contributed by atoms with Gasteiger partial charge in [-0.15, -0.1) is 0 Å². The van der Waals surface area contributed by atoms with Crippen molar-refractivity contribution < 1.29 is 9.84 Å². The average Bonchev–Trinajstić information content (AvgIpc) is 2.20. The monoisotopic (exact) mass is 209 g/mol. The standard InChI is InChI=1S/C9H11N3O3/c10-7-3-4-12(9(14)11-7)8-2-1-6(13)5-15-8/h1-4,6,8,13H,5H2,(H2,10,11,14)/t6-,8+/m0/s1. The van der Waals surface area contributed by atoms with Gasteiger partial charge in [0, 0.05) is 6.20 Å². The van der Waals surface area contributed by atoms with Crippen molar-refractivity contribution in [2.45, 2.75) is 12.3 Å². The largest absolute Gasteiger partial charge is 0.387 e. The Labute approximate surface area is 85.6 Å². The van der Waals surface area contributed by atoms with Gasteiger partial charge in [0.15, 0.2) is 6.23 Å². The van der Waals surface area contributed by atoms with Gasteiger partial charge in [0.1, 0.15) is 5.82 Å². The summed E-state index contributed by atoms with van der Waals surface area (Å²) in [6.45, 7) is 0.165. The van der Waals surface area contributed by atoms with E-state index in [4.69, 9.17) is 15.6 Å². The molecular weight excluding hydrogens is 198 g/mol.